The Bertz CT molecular complexity index is 935. The number of piperidine rings is 1. The second-order valence-electron chi connectivity index (χ2n) is 7.48. The summed E-state index contributed by atoms with van der Waals surface area (Å²) in [6.07, 6.45) is 10.7. The molecule has 5 nitrogen and oxygen atoms in total. The van der Waals surface area contributed by atoms with Crippen LogP contribution in [-0.2, 0) is 13.5 Å². The summed E-state index contributed by atoms with van der Waals surface area (Å²) in [5.74, 6) is 0.134. The lowest BCUT2D eigenvalue weighted by Gasteiger charge is -2.36. The fourth-order valence-corrected chi connectivity index (χ4v) is 4.04. The van der Waals surface area contributed by atoms with Gasteiger partial charge in [0, 0.05) is 42.7 Å². The number of pyridine rings is 1. The molecule has 2 aromatic heterocycles. The molecular weight excluding hydrogens is 348 g/mol. The standard InChI is InChI=1S/C23H26N4O/c1-26-17-24-16-22(26)18-7-6-8-19(15-18)23(28)27-14-5-3-10-21(27)12-11-20-9-2-4-13-25-20/h2,4,6-9,13,15-17,21H,3,5,10-12,14H2,1H3. The zero-order valence-corrected chi connectivity index (χ0v) is 16.3. The van der Waals surface area contributed by atoms with E-state index < -0.39 is 0 Å². The monoisotopic (exact) mass is 374 g/mol. The molecule has 5 heteroatoms. The topological polar surface area (TPSA) is 51.0 Å². The highest BCUT2D eigenvalue weighted by Crippen LogP contribution is 2.25. The highest BCUT2D eigenvalue weighted by molar-refractivity contribution is 5.95. The van der Waals surface area contributed by atoms with Crippen molar-refractivity contribution >= 4 is 5.91 Å². The third kappa shape index (κ3) is 3.98. The van der Waals surface area contributed by atoms with E-state index in [1.165, 1.54) is 6.42 Å². The molecule has 3 aromatic rings. The van der Waals surface area contributed by atoms with Gasteiger partial charge in [-0.25, -0.2) is 4.98 Å². The van der Waals surface area contributed by atoms with Crippen LogP contribution in [0.25, 0.3) is 11.3 Å². The lowest BCUT2D eigenvalue weighted by atomic mass is 9.95. The van der Waals surface area contributed by atoms with E-state index in [1.807, 2.05) is 60.4 Å². The number of likely N-dealkylation sites (tertiary alicyclic amines) is 1. The number of aryl methyl sites for hydroxylation is 2. The summed E-state index contributed by atoms with van der Waals surface area (Å²) in [5, 5.41) is 0. The summed E-state index contributed by atoms with van der Waals surface area (Å²) in [6, 6.07) is 14.2. The van der Waals surface area contributed by atoms with E-state index in [0.29, 0.717) is 0 Å². The molecule has 1 amide bonds. The average Bonchev–Trinajstić information content (AvgIpc) is 3.19. The van der Waals surface area contributed by atoms with Crippen LogP contribution in [0.1, 0.15) is 41.7 Å². The number of amides is 1. The van der Waals surface area contributed by atoms with Crippen LogP contribution in [0, 0.1) is 0 Å². The zero-order chi connectivity index (χ0) is 19.3. The fourth-order valence-electron chi connectivity index (χ4n) is 4.04. The van der Waals surface area contributed by atoms with E-state index in [9.17, 15) is 4.79 Å². The maximum absolute atomic E-state index is 13.3. The van der Waals surface area contributed by atoms with Crippen molar-refractivity contribution in [3.8, 4) is 11.3 Å². The molecule has 1 fully saturated rings. The smallest absolute Gasteiger partial charge is 0.254 e. The molecule has 0 N–H and O–H groups in total. The summed E-state index contributed by atoms with van der Waals surface area (Å²) in [7, 11) is 1.97. The van der Waals surface area contributed by atoms with E-state index >= 15 is 0 Å². The van der Waals surface area contributed by atoms with Gasteiger partial charge in [0.1, 0.15) is 0 Å². The Kier molecular flexibility index (Phi) is 5.51. The Balaban J connectivity index is 1.51. The van der Waals surface area contributed by atoms with E-state index in [1.54, 1.807) is 6.33 Å². The summed E-state index contributed by atoms with van der Waals surface area (Å²) in [5.41, 5.74) is 3.88. The second kappa shape index (κ2) is 8.38. The SMILES string of the molecule is Cn1cncc1-c1cccc(C(=O)N2CCCCC2CCc2ccccn2)c1. The van der Waals surface area contributed by atoms with Gasteiger partial charge in [-0.2, -0.15) is 0 Å². The summed E-state index contributed by atoms with van der Waals surface area (Å²) in [4.78, 5) is 24.0. The number of benzene rings is 1. The van der Waals surface area contributed by atoms with Gasteiger partial charge in [-0.3, -0.25) is 9.78 Å². The van der Waals surface area contributed by atoms with E-state index in [0.717, 1.165) is 54.7 Å². The molecule has 144 valence electrons. The van der Waals surface area contributed by atoms with Gasteiger partial charge in [0.05, 0.1) is 18.2 Å². The van der Waals surface area contributed by atoms with Crippen molar-refractivity contribution in [1.82, 2.24) is 19.4 Å². The van der Waals surface area contributed by atoms with Gasteiger partial charge >= 0.3 is 0 Å². The van der Waals surface area contributed by atoms with Crippen molar-refractivity contribution < 1.29 is 4.79 Å². The fraction of sp³-hybridized carbons (Fsp3) is 0.348. The van der Waals surface area contributed by atoms with E-state index in [-0.39, 0.29) is 11.9 Å². The van der Waals surface area contributed by atoms with Crippen LogP contribution in [0.15, 0.2) is 61.2 Å². The maximum atomic E-state index is 13.3. The number of rotatable bonds is 5. The van der Waals surface area contributed by atoms with Crippen molar-refractivity contribution in [2.24, 2.45) is 7.05 Å². The molecule has 1 aromatic carbocycles. The molecule has 0 spiro atoms. The van der Waals surface area contributed by atoms with Crippen molar-refractivity contribution in [2.45, 2.75) is 38.1 Å². The Morgan fingerprint density at radius 3 is 2.89 bits per heavy atom. The van der Waals surface area contributed by atoms with Gasteiger partial charge in [-0.1, -0.05) is 18.2 Å². The third-order valence-electron chi connectivity index (χ3n) is 5.57. The molecule has 0 bridgehead atoms. The Morgan fingerprint density at radius 1 is 1.18 bits per heavy atom. The molecule has 0 saturated carbocycles. The number of hydrogen-bond acceptors (Lipinski definition) is 3. The summed E-state index contributed by atoms with van der Waals surface area (Å²) < 4.78 is 1.97. The lowest BCUT2D eigenvalue weighted by molar-refractivity contribution is 0.0601. The molecule has 0 radical (unpaired) electrons. The van der Waals surface area contributed by atoms with Crippen LogP contribution >= 0.6 is 0 Å². The molecule has 1 aliphatic rings. The molecule has 0 aliphatic carbocycles. The first-order valence-electron chi connectivity index (χ1n) is 10.00. The number of imidazole rings is 1. The predicted octanol–water partition coefficient (Wildman–Crippen LogP) is 4.11. The van der Waals surface area contributed by atoms with Crippen molar-refractivity contribution in [1.29, 1.82) is 0 Å². The van der Waals surface area contributed by atoms with Gasteiger partial charge in [0.2, 0.25) is 0 Å². The van der Waals surface area contributed by atoms with E-state index in [4.69, 9.17) is 0 Å². The number of hydrogen-bond donors (Lipinski definition) is 0. The minimum Gasteiger partial charge on any atom is -0.336 e. The van der Waals surface area contributed by atoms with Crippen LogP contribution in [-0.4, -0.2) is 37.9 Å². The first-order valence-corrected chi connectivity index (χ1v) is 10.00. The molecule has 1 unspecified atom stereocenters. The van der Waals surface area contributed by atoms with Crippen molar-refractivity contribution in [3.63, 3.8) is 0 Å². The lowest BCUT2D eigenvalue weighted by Crippen LogP contribution is -2.44. The van der Waals surface area contributed by atoms with E-state index in [2.05, 4.69) is 20.9 Å². The summed E-state index contributed by atoms with van der Waals surface area (Å²) in [6.45, 7) is 0.835. The maximum Gasteiger partial charge on any atom is 0.254 e. The second-order valence-corrected chi connectivity index (χ2v) is 7.48. The minimum atomic E-state index is 0.134. The average molecular weight is 374 g/mol. The summed E-state index contributed by atoms with van der Waals surface area (Å²) >= 11 is 0. The van der Waals surface area contributed by atoms with Crippen LogP contribution in [0.2, 0.25) is 0 Å². The Hall–Kier alpha value is -2.95. The first-order chi connectivity index (χ1) is 13.7. The molecular formula is C23H26N4O. The minimum absolute atomic E-state index is 0.134. The molecule has 1 saturated heterocycles. The molecule has 3 heterocycles. The first kappa shape index (κ1) is 18.4. The Labute approximate surface area is 166 Å². The third-order valence-corrected chi connectivity index (χ3v) is 5.57. The largest absolute Gasteiger partial charge is 0.336 e. The number of carbonyl (C=O) groups excluding carboxylic acids is 1. The van der Waals surface area contributed by atoms with Crippen LogP contribution in [0.4, 0.5) is 0 Å². The molecule has 4 rings (SSSR count). The van der Waals surface area contributed by atoms with Crippen LogP contribution < -0.4 is 0 Å². The van der Waals surface area contributed by atoms with Gasteiger partial charge in [0.15, 0.2) is 0 Å². The molecule has 1 aliphatic heterocycles. The quantitative estimate of drug-likeness (QED) is 0.675. The Morgan fingerprint density at radius 2 is 2.11 bits per heavy atom. The van der Waals surface area contributed by atoms with Crippen LogP contribution in [0.5, 0.6) is 0 Å². The highest BCUT2D eigenvalue weighted by atomic mass is 16.2. The number of aromatic nitrogens is 3. The van der Waals surface area contributed by atoms with Gasteiger partial charge in [-0.05, 0) is 56.4 Å². The molecule has 28 heavy (non-hydrogen) atoms. The molecule has 1 atom stereocenters. The number of nitrogens with zero attached hydrogens (tertiary/aromatic N) is 4. The van der Waals surface area contributed by atoms with Crippen molar-refractivity contribution in [2.75, 3.05) is 6.54 Å². The zero-order valence-electron chi connectivity index (χ0n) is 16.3. The van der Waals surface area contributed by atoms with Crippen LogP contribution in [0.3, 0.4) is 0 Å². The van der Waals surface area contributed by atoms with Gasteiger partial charge < -0.3 is 9.47 Å². The normalized spacial score (nSPS) is 16.9. The number of carbonyl (C=O) groups is 1. The highest BCUT2D eigenvalue weighted by Gasteiger charge is 2.27. The van der Waals surface area contributed by atoms with Gasteiger partial charge in [0.25, 0.3) is 5.91 Å². The van der Waals surface area contributed by atoms with Gasteiger partial charge in [-0.15, -0.1) is 0 Å². The predicted molar refractivity (Wildman–Crippen MR) is 110 cm³/mol. The van der Waals surface area contributed by atoms with Crippen molar-refractivity contribution in [3.05, 3.63) is 72.4 Å².